The average molecular weight is 326 g/mol. The maximum atomic E-state index is 11.8. The molecule has 1 aromatic carbocycles. The van der Waals surface area contributed by atoms with Crippen LogP contribution >= 0.6 is 0 Å². The Balaban J connectivity index is 1.43. The fraction of sp³-hybridized carbons (Fsp3) is 0.250. The lowest BCUT2D eigenvalue weighted by atomic mass is 10.1. The van der Waals surface area contributed by atoms with Crippen molar-refractivity contribution < 1.29 is 9.32 Å². The van der Waals surface area contributed by atoms with E-state index < -0.39 is 0 Å². The molecular formula is C16H18N6O2. The summed E-state index contributed by atoms with van der Waals surface area (Å²) in [6.07, 6.45) is 3.68. The minimum Gasteiger partial charge on any atom is -0.340 e. The molecular weight excluding hydrogens is 308 g/mol. The molecule has 0 bridgehead atoms. The van der Waals surface area contributed by atoms with Crippen molar-refractivity contribution in [3.8, 4) is 0 Å². The van der Waals surface area contributed by atoms with Crippen LogP contribution in [0, 0.1) is 6.92 Å². The summed E-state index contributed by atoms with van der Waals surface area (Å²) in [5.41, 5.74) is 2.17. The van der Waals surface area contributed by atoms with Crippen LogP contribution < -0.4 is 10.6 Å². The van der Waals surface area contributed by atoms with E-state index in [0.717, 1.165) is 17.7 Å². The Kier molecular flexibility index (Phi) is 4.85. The van der Waals surface area contributed by atoms with Crippen molar-refractivity contribution in [2.45, 2.75) is 26.6 Å². The molecule has 3 aromatic rings. The van der Waals surface area contributed by atoms with Crippen molar-refractivity contribution >= 4 is 6.03 Å². The van der Waals surface area contributed by atoms with E-state index in [1.807, 2.05) is 41.2 Å². The van der Waals surface area contributed by atoms with Crippen LogP contribution in [0.1, 0.15) is 22.8 Å². The van der Waals surface area contributed by atoms with Gasteiger partial charge in [-0.15, -0.1) is 0 Å². The number of hydrogen-bond acceptors (Lipinski definition) is 5. The topological polar surface area (TPSA) is 97.9 Å². The van der Waals surface area contributed by atoms with Crippen molar-refractivity contribution in [1.82, 2.24) is 30.6 Å². The van der Waals surface area contributed by atoms with Crippen LogP contribution in [0.3, 0.4) is 0 Å². The van der Waals surface area contributed by atoms with Gasteiger partial charge < -0.3 is 15.2 Å². The first-order chi connectivity index (χ1) is 11.7. The zero-order valence-electron chi connectivity index (χ0n) is 13.3. The van der Waals surface area contributed by atoms with Crippen LogP contribution in [0.2, 0.25) is 0 Å². The molecule has 0 aliphatic heterocycles. The summed E-state index contributed by atoms with van der Waals surface area (Å²) in [4.78, 5) is 15.8. The smallest absolute Gasteiger partial charge is 0.315 e. The van der Waals surface area contributed by atoms with Gasteiger partial charge in [-0.25, -0.2) is 4.79 Å². The van der Waals surface area contributed by atoms with Crippen molar-refractivity contribution in [3.63, 3.8) is 0 Å². The number of amides is 2. The lowest BCUT2D eigenvalue weighted by Crippen LogP contribution is -2.34. The van der Waals surface area contributed by atoms with Gasteiger partial charge in [-0.2, -0.15) is 10.1 Å². The molecule has 0 aliphatic carbocycles. The fourth-order valence-corrected chi connectivity index (χ4v) is 2.16. The Bertz CT molecular complexity index is 779. The SMILES string of the molecule is Cc1nc(CNC(=O)NCc2ccc(Cn3cccn3)cc2)no1. The van der Waals surface area contributed by atoms with Gasteiger partial charge in [0.05, 0.1) is 13.1 Å². The highest BCUT2D eigenvalue weighted by Gasteiger charge is 2.05. The molecule has 0 spiro atoms. The number of nitrogens with zero attached hydrogens (tertiary/aromatic N) is 4. The average Bonchev–Trinajstić information content (AvgIpc) is 3.24. The van der Waals surface area contributed by atoms with E-state index in [4.69, 9.17) is 4.52 Å². The van der Waals surface area contributed by atoms with Gasteiger partial charge in [-0.05, 0) is 17.2 Å². The van der Waals surface area contributed by atoms with E-state index in [9.17, 15) is 4.79 Å². The van der Waals surface area contributed by atoms with Crippen molar-refractivity contribution in [1.29, 1.82) is 0 Å². The van der Waals surface area contributed by atoms with E-state index in [1.165, 1.54) is 0 Å². The predicted molar refractivity (Wildman–Crippen MR) is 85.9 cm³/mol. The van der Waals surface area contributed by atoms with Gasteiger partial charge in [0.2, 0.25) is 5.89 Å². The third kappa shape index (κ3) is 4.42. The predicted octanol–water partition coefficient (Wildman–Crippen LogP) is 1.62. The van der Waals surface area contributed by atoms with Gasteiger partial charge in [-0.1, -0.05) is 29.4 Å². The lowest BCUT2D eigenvalue weighted by Gasteiger charge is -2.07. The van der Waals surface area contributed by atoms with E-state index >= 15 is 0 Å². The zero-order chi connectivity index (χ0) is 16.8. The number of benzene rings is 1. The largest absolute Gasteiger partial charge is 0.340 e. The van der Waals surface area contributed by atoms with E-state index in [0.29, 0.717) is 18.3 Å². The third-order valence-corrected chi connectivity index (χ3v) is 3.36. The minimum atomic E-state index is -0.280. The molecule has 2 aromatic heterocycles. The molecule has 0 fully saturated rings. The summed E-state index contributed by atoms with van der Waals surface area (Å²) < 4.78 is 6.70. The maximum Gasteiger partial charge on any atom is 0.315 e. The van der Waals surface area contributed by atoms with Crippen LogP contribution in [-0.4, -0.2) is 26.0 Å². The van der Waals surface area contributed by atoms with Crippen LogP contribution in [-0.2, 0) is 19.6 Å². The Morgan fingerprint density at radius 2 is 1.92 bits per heavy atom. The number of carbonyl (C=O) groups excluding carboxylic acids is 1. The van der Waals surface area contributed by atoms with Crippen LogP contribution in [0.15, 0.2) is 47.2 Å². The summed E-state index contributed by atoms with van der Waals surface area (Å²) in [6, 6.07) is 9.64. The van der Waals surface area contributed by atoms with Crippen LogP contribution in [0.25, 0.3) is 0 Å². The van der Waals surface area contributed by atoms with Crippen molar-refractivity contribution in [2.75, 3.05) is 0 Å². The first-order valence-corrected chi connectivity index (χ1v) is 7.55. The number of urea groups is 1. The van der Waals surface area contributed by atoms with Gasteiger partial charge in [0.1, 0.15) is 0 Å². The van der Waals surface area contributed by atoms with Gasteiger partial charge in [0.15, 0.2) is 5.82 Å². The van der Waals surface area contributed by atoms with E-state index in [-0.39, 0.29) is 12.6 Å². The summed E-state index contributed by atoms with van der Waals surface area (Å²) in [6.45, 7) is 3.10. The van der Waals surface area contributed by atoms with E-state index in [2.05, 4.69) is 25.9 Å². The third-order valence-electron chi connectivity index (χ3n) is 3.36. The zero-order valence-corrected chi connectivity index (χ0v) is 13.3. The molecule has 0 aliphatic rings. The molecule has 0 atom stereocenters. The monoisotopic (exact) mass is 326 g/mol. The maximum absolute atomic E-state index is 11.8. The van der Waals surface area contributed by atoms with Crippen LogP contribution in [0.4, 0.5) is 4.79 Å². The first-order valence-electron chi connectivity index (χ1n) is 7.55. The summed E-state index contributed by atoms with van der Waals surface area (Å²) >= 11 is 0. The van der Waals surface area contributed by atoms with Gasteiger partial charge in [0.25, 0.3) is 0 Å². The Hall–Kier alpha value is -3.16. The highest BCUT2D eigenvalue weighted by atomic mass is 16.5. The molecule has 3 rings (SSSR count). The quantitative estimate of drug-likeness (QED) is 0.717. The number of carbonyl (C=O) groups is 1. The molecule has 0 radical (unpaired) electrons. The molecule has 8 heteroatoms. The molecule has 0 saturated heterocycles. The standard InChI is InChI=1S/C16H18N6O2/c1-12-20-15(21-24-12)10-18-16(23)17-9-13-3-5-14(6-4-13)11-22-8-2-7-19-22/h2-8H,9-11H2,1H3,(H2,17,18,23). The number of aromatic nitrogens is 4. The molecule has 8 nitrogen and oxygen atoms in total. The summed E-state index contributed by atoms with van der Waals surface area (Å²) in [7, 11) is 0. The fourth-order valence-electron chi connectivity index (χ4n) is 2.16. The second-order valence-electron chi connectivity index (χ2n) is 5.29. The highest BCUT2D eigenvalue weighted by molar-refractivity contribution is 5.73. The van der Waals surface area contributed by atoms with Crippen LogP contribution in [0.5, 0.6) is 0 Å². The minimum absolute atomic E-state index is 0.228. The second-order valence-corrected chi connectivity index (χ2v) is 5.29. The molecule has 0 unspecified atom stereocenters. The van der Waals surface area contributed by atoms with Gasteiger partial charge in [-0.3, -0.25) is 4.68 Å². The molecule has 2 amide bonds. The Morgan fingerprint density at radius 3 is 2.58 bits per heavy atom. The summed E-state index contributed by atoms with van der Waals surface area (Å²) in [5, 5.41) is 13.3. The molecule has 2 heterocycles. The molecule has 124 valence electrons. The lowest BCUT2D eigenvalue weighted by molar-refractivity contribution is 0.239. The number of hydrogen-bond donors (Lipinski definition) is 2. The van der Waals surface area contributed by atoms with E-state index in [1.54, 1.807) is 13.1 Å². The summed E-state index contributed by atoms with van der Waals surface area (Å²) in [5.74, 6) is 0.924. The van der Waals surface area contributed by atoms with Crippen molar-refractivity contribution in [2.24, 2.45) is 0 Å². The second kappa shape index (κ2) is 7.40. The Labute approximate surface area is 138 Å². The molecule has 24 heavy (non-hydrogen) atoms. The van der Waals surface area contributed by atoms with Gasteiger partial charge in [0, 0.05) is 25.9 Å². The molecule has 2 N–H and O–H groups in total. The Morgan fingerprint density at radius 1 is 1.17 bits per heavy atom. The molecule has 0 saturated carbocycles. The number of rotatable bonds is 6. The first kappa shape index (κ1) is 15.7. The normalized spacial score (nSPS) is 10.5. The number of nitrogens with one attached hydrogen (secondary N) is 2. The number of aryl methyl sites for hydroxylation is 1. The van der Waals surface area contributed by atoms with Crippen molar-refractivity contribution in [3.05, 3.63) is 65.6 Å². The highest BCUT2D eigenvalue weighted by Crippen LogP contribution is 2.06. The van der Waals surface area contributed by atoms with Gasteiger partial charge >= 0.3 is 6.03 Å².